The predicted molar refractivity (Wildman–Crippen MR) is 242 cm³/mol. The van der Waals surface area contributed by atoms with E-state index in [2.05, 4.69) is 93.7 Å². The van der Waals surface area contributed by atoms with Crippen molar-refractivity contribution in [3.05, 3.63) is 72.9 Å². The zero-order chi connectivity index (χ0) is 41.5. The topological polar surface area (TPSA) is 78.9 Å². The van der Waals surface area contributed by atoms with Crippen molar-refractivity contribution in [1.82, 2.24) is 0 Å². The maximum atomic E-state index is 12.7. The number of esters is 3. The van der Waals surface area contributed by atoms with Gasteiger partial charge in [-0.1, -0.05) is 177 Å². The van der Waals surface area contributed by atoms with Crippen molar-refractivity contribution in [3.8, 4) is 0 Å². The first-order chi connectivity index (χ1) is 28.0. The molecule has 0 spiro atoms. The minimum absolute atomic E-state index is 0.101. The highest BCUT2D eigenvalue weighted by Gasteiger charge is 2.19. The highest BCUT2D eigenvalue weighted by atomic mass is 16.6. The maximum Gasteiger partial charge on any atom is 0.306 e. The van der Waals surface area contributed by atoms with E-state index in [0.29, 0.717) is 25.7 Å². The van der Waals surface area contributed by atoms with Gasteiger partial charge in [0.05, 0.1) is 0 Å². The summed E-state index contributed by atoms with van der Waals surface area (Å²) in [6.45, 7) is 6.40. The molecule has 0 aromatic carbocycles. The van der Waals surface area contributed by atoms with Crippen molar-refractivity contribution in [1.29, 1.82) is 0 Å². The molecule has 0 aliphatic rings. The number of allylic oxidation sites excluding steroid dienone is 12. The van der Waals surface area contributed by atoms with Gasteiger partial charge in [-0.3, -0.25) is 14.4 Å². The molecule has 0 radical (unpaired) electrons. The summed E-state index contributed by atoms with van der Waals surface area (Å²) in [5.74, 6) is -0.976. The van der Waals surface area contributed by atoms with Crippen LogP contribution in [0.4, 0.5) is 0 Å². The van der Waals surface area contributed by atoms with Gasteiger partial charge >= 0.3 is 17.9 Å². The van der Waals surface area contributed by atoms with Gasteiger partial charge in [0.1, 0.15) is 13.2 Å². The number of carbonyl (C=O) groups excluding carboxylic acids is 3. The zero-order valence-electron chi connectivity index (χ0n) is 37.1. The summed E-state index contributed by atoms with van der Waals surface area (Å²) in [6.07, 6.45) is 56.1. The van der Waals surface area contributed by atoms with Gasteiger partial charge in [0.2, 0.25) is 0 Å². The highest BCUT2D eigenvalue weighted by Crippen LogP contribution is 2.12. The lowest BCUT2D eigenvalue weighted by Crippen LogP contribution is -2.30. The van der Waals surface area contributed by atoms with Crippen LogP contribution in [0.1, 0.15) is 213 Å². The van der Waals surface area contributed by atoms with E-state index in [4.69, 9.17) is 14.2 Å². The van der Waals surface area contributed by atoms with Crippen molar-refractivity contribution in [2.24, 2.45) is 0 Å². The fourth-order valence-electron chi connectivity index (χ4n) is 6.19. The van der Waals surface area contributed by atoms with Crippen molar-refractivity contribution in [3.63, 3.8) is 0 Å². The highest BCUT2D eigenvalue weighted by molar-refractivity contribution is 5.71. The second kappa shape index (κ2) is 45.6. The van der Waals surface area contributed by atoms with Crippen LogP contribution in [-0.2, 0) is 28.6 Å². The third-order valence-corrected chi connectivity index (χ3v) is 9.73. The number of rotatable bonds is 41. The summed E-state index contributed by atoms with van der Waals surface area (Å²) < 4.78 is 16.6. The van der Waals surface area contributed by atoms with E-state index < -0.39 is 6.10 Å². The second-order valence-electron chi connectivity index (χ2n) is 15.3. The van der Waals surface area contributed by atoms with E-state index >= 15 is 0 Å². The molecule has 0 N–H and O–H groups in total. The van der Waals surface area contributed by atoms with Crippen LogP contribution in [0.3, 0.4) is 0 Å². The van der Waals surface area contributed by atoms with Gasteiger partial charge in [-0.2, -0.15) is 0 Å². The lowest BCUT2D eigenvalue weighted by Gasteiger charge is -2.18. The van der Waals surface area contributed by atoms with E-state index in [1.54, 1.807) is 0 Å². The molecule has 6 heteroatoms. The molecule has 0 aromatic rings. The van der Waals surface area contributed by atoms with Crippen LogP contribution >= 0.6 is 0 Å². The fourth-order valence-corrected chi connectivity index (χ4v) is 6.19. The molecule has 1 atom stereocenters. The molecule has 0 fully saturated rings. The lowest BCUT2D eigenvalue weighted by atomic mass is 10.1. The number of hydrogen-bond donors (Lipinski definition) is 0. The molecular weight excluding hydrogens is 709 g/mol. The minimum Gasteiger partial charge on any atom is -0.462 e. The predicted octanol–water partition coefficient (Wildman–Crippen LogP) is 15.1. The number of carbonyl (C=O) groups is 3. The SMILES string of the molecule is CC/C=C\C/C=C\CCCCCCCC(=O)OC(COC(=O)CCC/C=C\CCCCCC)COC(=O)CCCCCCC\C=C/C=C\C=C/CCCCCCC. The molecule has 0 bridgehead atoms. The standard InChI is InChI=1S/C51H86O6/c1-4-7-10-13-16-19-21-23-24-25-26-27-28-30-32-35-38-41-44-50(53)56-47-48(46-55-49(52)43-40-37-34-31-18-15-12-9-6-3)57-51(54)45-42-39-36-33-29-22-20-17-14-11-8-5-2/h8,11,17,20-21,23-27,31,34,48H,4-7,9-10,12-16,18-19,22,28-30,32-33,35-47H2,1-3H3/b11-8-,20-17-,23-21-,25-24-,27-26-,34-31-. The van der Waals surface area contributed by atoms with Crippen LogP contribution in [-0.4, -0.2) is 37.2 Å². The second-order valence-corrected chi connectivity index (χ2v) is 15.3. The van der Waals surface area contributed by atoms with E-state index in [-0.39, 0.29) is 31.1 Å². The summed E-state index contributed by atoms with van der Waals surface area (Å²) in [6, 6.07) is 0. The summed E-state index contributed by atoms with van der Waals surface area (Å²) in [7, 11) is 0. The molecule has 6 nitrogen and oxygen atoms in total. The molecule has 0 amide bonds. The summed E-state index contributed by atoms with van der Waals surface area (Å²) in [4.78, 5) is 37.7. The van der Waals surface area contributed by atoms with Crippen molar-refractivity contribution < 1.29 is 28.6 Å². The van der Waals surface area contributed by atoms with Gasteiger partial charge in [-0.05, 0) is 89.9 Å². The van der Waals surface area contributed by atoms with E-state index in [0.717, 1.165) is 109 Å². The summed E-state index contributed by atoms with van der Waals surface area (Å²) in [5, 5.41) is 0. The van der Waals surface area contributed by atoms with Crippen LogP contribution in [0.15, 0.2) is 72.9 Å². The van der Waals surface area contributed by atoms with Crippen molar-refractivity contribution >= 4 is 17.9 Å². The van der Waals surface area contributed by atoms with Gasteiger partial charge < -0.3 is 14.2 Å². The molecular formula is C51H86O6. The molecule has 0 saturated carbocycles. The van der Waals surface area contributed by atoms with Crippen LogP contribution in [0, 0.1) is 0 Å². The normalized spacial score (nSPS) is 12.7. The van der Waals surface area contributed by atoms with Gasteiger partial charge in [0.25, 0.3) is 0 Å². The molecule has 0 saturated heterocycles. The Morgan fingerprint density at radius 1 is 0.386 bits per heavy atom. The minimum atomic E-state index is -0.799. The number of ether oxygens (including phenoxy) is 3. The Bertz CT molecular complexity index is 1100. The molecule has 0 heterocycles. The number of unbranched alkanes of at least 4 members (excludes halogenated alkanes) is 20. The van der Waals surface area contributed by atoms with Gasteiger partial charge in [-0.15, -0.1) is 0 Å². The zero-order valence-corrected chi connectivity index (χ0v) is 37.1. The molecule has 0 aromatic heterocycles. The Kier molecular flexibility index (Phi) is 43.0. The average molecular weight is 795 g/mol. The molecule has 0 aliphatic carbocycles. The first kappa shape index (κ1) is 53.9. The third-order valence-electron chi connectivity index (χ3n) is 9.73. The van der Waals surface area contributed by atoms with Crippen molar-refractivity contribution in [2.45, 2.75) is 219 Å². The van der Waals surface area contributed by atoms with E-state index in [1.807, 2.05) is 0 Å². The molecule has 0 rings (SSSR count). The molecule has 0 aliphatic heterocycles. The first-order valence-electron chi connectivity index (χ1n) is 23.5. The summed E-state index contributed by atoms with van der Waals surface area (Å²) >= 11 is 0. The third kappa shape index (κ3) is 43.8. The van der Waals surface area contributed by atoms with Crippen LogP contribution < -0.4 is 0 Å². The molecule has 57 heavy (non-hydrogen) atoms. The van der Waals surface area contributed by atoms with Gasteiger partial charge in [0.15, 0.2) is 6.10 Å². The lowest BCUT2D eigenvalue weighted by molar-refractivity contribution is -0.167. The fraction of sp³-hybridized carbons (Fsp3) is 0.706. The Morgan fingerprint density at radius 3 is 1.30 bits per heavy atom. The van der Waals surface area contributed by atoms with E-state index in [1.165, 1.54) is 57.8 Å². The smallest absolute Gasteiger partial charge is 0.306 e. The van der Waals surface area contributed by atoms with Crippen LogP contribution in [0.2, 0.25) is 0 Å². The van der Waals surface area contributed by atoms with Gasteiger partial charge in [-0.25, -0.2) is 0 Å². The van der Waals surface area contributed by atoms with Crippen molar-refractivity contribution in [2.75, 3.05) is 13.2 Å². The van der Waals surface area contributed by atoms with Crippen LogP contribution in [0.5, 0.6) is 0 Å². The Labute approximate surface area is 351 Å². The average Bonchev–Trinajstić information content (AvgIpc) is 3.21. The molecule has 1 unspecified atom stereocenters. The first-order valence-corrected chi connectivity index (χ1v) is 23.5. The Balaban J connectivity index is 4.41. The summed E-state index contributed by atoms with van der Waals surface area (Å²) in [5.41, 5.74) is 0. The van der Waals surface area contributed by atoms with Gasteiger partial charge in [0, 0.05) is 19.3 Å². The Morgan fingerprint density at radius 2 is 0.772 bits per heavy atom. The maximum absolute atomic E-state index is 12.7. The number of hydrogen-bond acceptors (Lipinski definition) is 6. The van der Waals surface area contributed by atoms with Crippen LogP contribution in [0.25, 0.3) is 0 Å². The largest absolute Gasteiger partial charge is 0.462 e. The monoisotopic (exact) mass is 795 g/mol. The molecule has 326 valence electrons. The quantitative estimate of drug-likeness (QED) is 0.0202. The van der Waals surface area contributed by atoms with E-state index in [9.17, 15) is 14.4 Å². The Hall–Kier alpha value is -3.15.